The van der Waals surface area contributed by atoms with Crippen molar-refractivity contribution in [1.29, 1.82) is 0 Å². The molecule has 1 aromatic heterocycles. The lowest BCUT2D eigenvalue weighted by Gasteiger charge is -2.47. The van der Waals surface area contributed by atoms with Crippen LogP contribution in [0.1, 0.15) is 61.2 Å². The summed E-state index contributed by atoms with van der Waals surface area (Å²) in [4.78, 5) is 26.7. The number of thiazole rings is 1. The Hall–Kier alpha value is -1.33. The van der Waals surface area contributed by atoms with E-state index in [0.717, 1.165) is 11.4 Å². The fourth-order valence-corrected chi connectivity index (χ4v) is 7.38. The smallest absolute Gasteiger partial charge is 0.292 e. The fraction of sp³-hybridized carbons (Fsp3) is 0.524. The number of benzene rings is 1. The van der Waals surface area contributed by atoms with Gasteiger partial charge in [-0.25, -0.2) is 0 Å². The van der Waals surface area contributed by atoms with E-state index in [1.54, 1.807) is 16.3 Å². The molecule has 1 saturated carbocycles. The van der Waals surface area contributed by atoms with E-state index in [4.69, 9.17) is 0 Å². The maximum Gasteiger partial charge on any atom is 0.308 e. The number of ketones is 1. The number of rotatable bonds is 3. The van der Waals surface area contributed by atoms with Gasteiger partial charge >= 0.3 is 4.87 Å². The summed E-state index contributed by atoms with van der Waals surface area (Å²) in [6.07, 6.45) is 3.68. The molecule has 138 valence electrons. The van der Waals surface area contributed by atoms with Gasteiger partial charge in [-0.1, -0.05) is 68.9 Å². The molecule has 0 amide bonds. The molecule has 1 fully saturated rings. The predicted octanol–water partition coefficient (Wildman–Crippen LogP) is 5.20. The Morgan fingerprint density at radius 1 is 1.23 bits per heavy atom. The van der Waals surface area contributed by atoms with Gasteiger partial charge in [0.25, 0.3) is 0 Å². The zero-order chi connectivity index (χ0) is 18.5. The highest BCUT2D eigenvalue weighted by Crippen LogP contribution is 2.58. The molecule has 26 heavy (non-hydrogen) atoms. The number of carbonyl (C=O) groups excluding carboxylic acids is 1. The fourth-order valence-electron chi connectivity index (χ4n) is 4.57. The molecule has 1 aromatic carbocycles. The van der Waals surface area contributed by atoms with Gasteiger partial charge in [0.15, 0.2) is 5.78 Å². The third-order valence-electron chi connectivity index (χ3n) is 5.97. The van der Waals surface area contributed by atoms with Gasteiger partial charge in [-0.3, -0.25) is 14.2 Å². The largest absolute Gasteiger partial charge is 0.308 e. The molecule has 0 unspecified atom stereocenters. The summed E-state index contributed by atoms with van der Waals surface area (Å²) in [7, 11) is 0. The van der Waals surface area contributed by atoms with Gasteiger partial charge in [-0.15, -0.1) is 11.8 Å². The minimum absolute atomic E-state index is 0.00541. The van der Waals surface area contributed by atoms with Crippen molar-refractivity contribution in [2.24, 2.45) is 11.8 Å². The molecule has 1 aliphatic carbocycles. The van der Waals surface area contributed by atoms with Crippen LogP contribution < -0.4 is 4.87 Å². The second kappa shape index (κ2) is 6.68. The first-order valence-corrected chi connectivity index (χ1v) is 11.0. The van der Waals surface area contributed by atoms with E-state index in [2.05, 4.69) is 20.8 Å². The predicted molar refractivity (Wildman–Crippen MR) is 109 cm³/mol. The highest BCUT2D eigenvalue weighted by atomic mass is 32.2. The van der Waals surface area contributed by atoms with Crippen molar-refractivity contribution in [2.75, 3.05) is 0 Å². The zero-order valence-corrected chi connectivity index (χ0v) is 17.2. The van der Waals surface area contributed by atoms with Crippen molar-refractivity contribution in [2.45, 2.75) is 62.3 Å². The van der Waals surface area contributed by atoms with E-state index in [0.29, 0.717) is 23.3 Å². The average molecular weight is 388 g/mol. The van der Waals surface area contributed by atoms with E-state index in [9.17, 15) is 9.59 Å². The van der Waals surface area contributed by atoms with Crippen LogP contribution in [-0.2, 0) is 6.54 Å². The molecule has 3 nitrogen and oxygen atoms in total. The molecule has 0 saturated heterocycles. The Labute approximate surface area is 162 Å². The molecule has 3 atom stereocenters. The number of nitrogens with zero attached hydrogens (tertiary/aromatic N) is 1. The van der Waals surface area contributed by atoms with Crippen LogP contribution in [0.3, 0.4) is 0 Å². The van der Waals surface area contributed by atoms with E-state index in [-0.39, 0.29) is 21.9 Å². The van der Waals surface area contributed by atoms with Gasteiger partial charge in [-0.2, -0.15) is 0 Å². The summed E-state index contributed by atoms with van der Waals surface area (Å²) in [5.41, 5.74) is 0.670. The maximum atomic E-state index is 12.8. The first-order chi connectivity index (χ1) is 12.4. The topological polar surface area (TPSA) is 39.1 Å². The number of hydrogen-bond acceptors (Lipinski definition) is 4. The van der Waals surface area contributed by atoms with Crippen molar-refractivity contribution in [3.05, 3.63) is 50.4 Å². The second-order valence-electron chi connectivity index (χ2n) is 8.25. The van der Waals surface area contributed by atoms with E-state index in [1.165, 1.54) is 29.1 Å². The number of Topliss-reactive ketones (excluding diaryl/α,β-unsaturated/α-hetero) is 1. The van der Waals surface area contributed by atoms with Crippen LogP contribution in [0.15, 0.2) is 40.2 Å². The van der Waals surface area contributed by atoms with Crippen LogP contribution in [0.2, 0.25) is 0 Å². The lowest BCUT2D eigenvalue weighted by molar-refractivity contribution is 0.0967. The molecule has 2 aromatic rings. The Kier molecular flexibility index (Phi) is 4.64. The summed E-state index contributed by atoms with van der Waals surface area (Å²) in [6.45, 7) is 7.08. The summed E-state index contributed by atoms with van der Waals surface area (Å²) < 4.78 is 1.83. The summed E-state index contributed by atoms with van der Waals surface area (Å²) in [5, 5.41) is 1.05. The number of hydrogen-bond donors (Lipinski definition) is 0. The molecule has 0 bridgehead atoms. The molecule has 2 heterocycles. The Balaban J connectivity index is 1.72. The van der Waals surface area contributed by atoms with Gasteiger partial charge < -0.3 is 0 Å². The van der Waals surface area contributed by atoms with Crippen molar-refractivity contribution in [1.82, 2.24) is 4.57 Å². The maximum absolute atomic E-state index is 12.8. The quantitative estimate of drug-likeness (QED) is 0.680. The molecule has 5 heteroatoms. The van der Waals surface area contributed by atoms with Crippen LogP contribution in [0, 0.1) is 11.8 Å². The number of fused-ring (bicyclic) bond motifs is 3. The highest BCUT2D eigenvalue weighted by Gasteiger charge is 2.47. The van der Waals surface area contributed by atoms with Crippen LogP contribution in [0.5, 0.6) is 0 Å². The minimum Gasteiger partial charge on any atom is -0.292 e. The molecule has 0 N–H and O–H groups in total. The van der Waals surface area contributed by atoms with Crippen molar-refractivity contribution >= 4 is 28.9 Å². The summed E-state index contributed by atoms with van der Waals surface area (Å²) in [6, 6.07) is 9.28. The van der Waals surface area contributed by atoms with Gasteiger partial charge in [0.2, 0.25) is 0 Å². The first-order valence-electron chi connectivity index (χ1n) is 9.37. The first kappa shape index (κ1) is 18.1. The molecular weight excluding hydrogens is 362 g/mol. The van der Waals surface area contributed by atoms with Gasteiger partial charge in [0, 0.05) is 21.1 Å². The number of aromatic nitrogens is 1. The third-order valence-corrected chi connectivity index (χ3v) is 8.68. The monoisotopic (exact) mass is 387 g/mol. The Morgan fingerprint density at radius 2 is 1.96 bits per heavy atom. The van der Waals surface area contributed by atoms with E-state index >= 15 is 0 Å². The SMILES string of the molecule is C[C@@H]1CC[C@@H]2[C@@H](C1)c1sc(=O)n(CC(=O)c3ccccc3)c1SC2(C)C. The average Bonchev–Trinajstić information content (AvgIpc) is 2.91. The third kappa shape index (κ3) is 3.09. The Morgan fingerprint density at radius 3 is 2.69 bits per heavy atom. The van der Waals surface area contributed by atoms with Gasteiger partial charge in [0.1, 0.15) is 0 Å². The van der Waals surface area contributed by atoms with Crippen LogP contribution in [0.25, 0.3) is 0 Å². The normalized spacial score (nSPS) is 26.8. The molecule has 4 rings (SSSR count). The number of carbonyl (C=O) groups is 1. The van der Waals surface area contributed by atoms with E-state index < -0.39 is 0 Å². The lowest BCUT2D eigenvalue weighted by atomic mass is 9.69. The van der Waals surface area contributed by atoms with Crippen LogP contribution in [-0.4, -0.2) is 15.1 Å². The molecule has 0 spiro atoms. The van der Waals surface area contributed by atoms with Crippen molar-refractivity contribution in [3.63, 3.8) is 0 Å². The summed E-state index contributed by atoms with van der Waals surface area (Å²) in [5.74, 6) is 1.80. The highest BCUT2D eigenvalue weighted by molar-refractivity contribution is 8.00. The van der Waals surface area contributed by atoms with E-state index in [1.807, 2.05) is 30.3 Å². The van der Waals surface area contributed by atoms with Crippen molar-refractivity contribution < 1.29 is 4.79 Å². The van der Waals surface area contributed by atoms with Gasteiger partial charge in [0.05, 0.1) is 11.6 Å². The minimum atomic E-state index is 0.00541. The number of thioether (sulfide) groups is 1. The van der Waals surface area contributed by atoms with Crippen LogP contribution in [0.4, 0.5) is 0 Å². The second-order valence-corrected chi connectivity index (χ2v) is 10.9. The van der Waals surface area contributed by atoms with Crippen molar-refractivity contribution in [3.8, 4) is 0 Å². The zero-order valence-electron chi connectivity index (χ0n) is 15.5. The standard InChI is InChI=1S/C21H25NO2S2/c1-13-9-10-16-15(11-13)18-19(26-21(16,2)3)22(20(24)25-18)12-17(23)14-7-5-4-6-8-14/h4-8,13,15-16H,9-12H2,1-3H3/t13-,15-,16-/m1/s1. The molecule has 1 aliphatic heterocycles. The molecule has 0 radical (unpaired) electrons. The van der Waals surface area contributed by atoms with Gasteiger partial charge in [-0.05, 0) is 24.7 Å². The lowest BCUT2D eigenvalue weighted by Crippen LogP contribution is -2.39. The molecule has 2 aliphatic rings. The van der Waals surface area contributed by atoms with Crippen LogP contribution >= 0.6 is 23.1 Å². The summed E-state index contributed by atoms with van der Waals surface area (Å²) >= 11 is 3.18. The molecular formula is C21H25NO2S2. The Bertz CT molecular complexity index is 881.